The van der Waals surface area contributed by atoms with E-state index < -0.39 is 10.0 Å². The SMILES string of the molecule is O=C(CN(c1ccc(Oc2ccccc2)cc1)S(=O)(=O)c1ccccc1)N1CCN(c2ccccc2F)CC1. The number of ether oxygens (including phenoxy) is 1. The zero-order valence-corrected chi connectivity index (χ0v) is 22.0. The number of amides is 1. The minimum absolute atomic E-state index is 0.0896. The van der Waals surface area contributed by atoms with Crippen LogP contribution in [0.1, 0.15) is 0 Å². The van der Waals surface area contributed by atoms with E-state index >= 15 is 0 Å². The molecule has 1 heterocycles. The number of anilines is 2. The van der Waals surface area contributed by atoms with Crippen LogP contribution in [0.3, 0.4) is 0 Å². The van der Waals surface area contributed by atoms with Crippen molar-refractivity contribution in [3.05, 3.63) is 115 Å². The van der Waals surface area contributed by atoms with E-state index in [9.17, 15) is 17.6 Å². The first-order valence-corrected chi connectivity index (χ1v) is 14.0. The summed E-state index contributed by atoms with van der Waals surface area (Å²) in [4.78, 5) is 17.0. The number of rotatable bonds is 8. The highest BCUT2D eigenvalue weighted by atomic mass is 32.2. The van der Waals surface area contributed by atoms with Crippen molar-refractivity contribution >= 4 is 27.3 Å². The highest BCUT2D eigenvalue weighted by Gasteiger charge is 2.30. The van der Waals surface area contributed by atoms with Crippen LogP contribution in [-0.2, 0) is 14.8 Å². The number of nitrogens with zero attached hydrogens (tertiary/aromatic N) is 3. The van der Waals surface area contributed by atoms with Gasteiger partial charge in [0, 0.05) is 26.2 Å². The predicted octanol–water partition coefficient (Wildman–Crippen LogP) is 5.16. The molecule has 9 heteroatoms. The van der Waals surface area contributed by atoms with Crippen LogP contribution < -0.4 is 13.9 Å². The van der Waals surface area contributed by atoms with Crippen LogP contribution in [0.4, 0.5) is 15.8 Å². The third kappa shape index (κ3) is 6.04. The molecular weight excluding hydrogens is 517 g/mol. The van der Waals surface area contributed by atoms with Gasteiger partial charge in [-0.2, -0.15) is 0 Å². The molecule has 4 aromatic rings. The first-order chi connectivity index (χ1) is 18.9. The highest BCUT2D eigenvalue weighted by molar-refractivity contribution is 7.92. The monoisotopic (exact) mass is 545 g/mol. The molecule has 1 saturated heterocycles. The molecule has 0 aromatic heterocycles. The summed E-state index contributed by atoms with van der Waals surface area (Å²) >= 11 is 0. The molecule has 0 spiro atoms. The van der Waals surface area contributed by atoms with Gasteiger partial charge < -0.3 is 14.5 Å². The number of halogens is 1. The van der Waals surface area contributed by atoms with Crippen molar-refractivity contribution in [2.24, 2.45) is 0 Å². The van der Waals surface area contributed by atoms with E-state index in [1.54, 1.807) is 65.6 Å². The zero-order valence-electron chi connectivity index (χ0n) is 21.2. The van der Waals surface area contributed by atoms with Crippen LogP contribution in [0.25, 0.3) is 0 Å². The Morgan fingerprint density at radius 2 is 1.31 bits per heavy atom. The van der Waals surface area contributed by atoms with Crippen LogP contribution in [0, 0.1) is 5.82 Å². The lowest BCUT2D eigenvalue weighted by atomic mass is 10.2. The Balaban J connectivity index is 1.34. The van der Waals surface area contributed by atoms with Gasteiger partial charge in [0.25, 0.3) is 10.0 Å². The van der Waals surface area contributed by atoms with Gasteiger partial charge in [0.15, 0.2) is 0 Å². The molecule has 0 saturated carbocycles. The summed E-state index contributed by atoms with van der Waals surface area (Å²) in [6.45, 7) is 1.25. The Labute approximate surface area is 227 Å². The van der Waals surface area contributed by atoms with Crippen molar-refractivity contribution in [1.82, 2.24) is 4.90 Å². The van der Waals surface area contributed by atoms with Crippen molar-refractivity contribution < 1.29 is 22.3 Å². The molecular formula is C30H28FN3O4S. The average molecular weight is 546 g/mol. The number of sulfonamides is 1. The van der Waals surface area contributed by atoms with Crippen molar-refractivity contribution in [1.29, 1.82) is 0 Å². The summed E-state index contributed by atoms with van der Waals surface area (Å²) in [6, 6.07) is 30.4. The van der Waals surface area contributed by atoms with Gasteiger partial charge in [0.2, 0.25) is 5.91 Å². The molecule has 0 atom stereocenters. The van der Waals surface area contributed by atoms with E-state index in [1.807, 2.05) is 35.2 Å². The normalized spacial score (nSPS) is 13.7. The third-order valence-electron chi connectivity index (χ3n) is 6.54. The van der Waals surface area contributed by atoms with Gasteiger partial charge in [-0.1, -0.05) is 48.5 Å². The Morgan fingerprint density at radius 3 is 1.95 bits per heavy atom. The van der Waals surface area contributed by atoms with Crippen LogP contribution in [0.5, 0.6) is 11.5 Å². The molecule has 0 radical (unpaired) electrons. The van der Waals surface area contributed by atoms with Gasteiger partial charge in [0.05, 0.1) is 16.3 Å². The first-order valence-electron chi connectivity index (χ1n) is 12.6. The Hall–Kier alpha value is -4.37. The second-order valence-corrected chi connectivity index (χ2v) is 10.9. The fourth-order valence-electron chi connectivity index (χ4n) is 4.47. The Kier molecular flexibility index (Phi) is 7.79. The lowest BCUT2D eigenvalue weighted by molar-refractivity contribution is -0.129. The van der Waals surface area contributed by atoms with Crippen LogP contribution in [0.2, 0.25) is 0 Å². The molecule has 1 aliphatic rings. The second kappa shape index (κ2) is 11.6. The summed E-state index contributed by atoms with van der Waals surface area (Å²) in [5.74, 6) is 0.561. The first kappa shape index (κ1) is 26.2. The minimum Gasteiger partial charge on any atom is -0.457 e. The standard InChI is InChI=1S/C30H28FN3O4S/c31-28-13-7-8-14-29(28)32-19-21-33(22-20-32)30(35)23-34(39(36,37)27-11-5-2-6-12-27)24-15-17-26(18-16-24)38-25-9-3-1-4-10-25/h1-18H,19-23H2. The van der Waals surface area contributed by atoms with E-state index in [1.165, 1.54) is 18.2 Å². The van der Waals surface area contributed by atoms with Gasteiger partial charge in [0.1, 0.15) is 23.9 Å². The average Bonchev–Trinajstić information content (AvgIpc) is 2.98. The molecule has 0 bridgehead atoms. The minimum atomic E-state index is -4.03. The van der Waals surface area contributed by atoms with E-state index in [2.05, 4.69) is 0 Å². The van der Waals surface area contributed by atoms with E-state index in [4.69, 9.17) is 4.74 Å². The summed E-state index contributed by atoms with van der Waals surface area (Å²) in [5.41, 5.74) is 0.841. The maximum atomic E-state index is 14.2. The number of hydrogen-bond donors (Lipinski definition) is 0. The quantitative estimate of drug-likeness (QED) is 0.306. The number of benzene rings is 4. The van der Waals surface area contributed by atoms with E-state index in [0.717, 1.165) is 4.31 Å². The smallest absolute Gasteiger partial charge is 0.264 e. The molecule has 4 aromatic carbocycles. The molecule has 39 heavy (non-hydrogen) atoms. The van der Waals surface area contributed by atoms with Gasteiger partial charge in [-0.15, -0.1) is 0 Å². The van der Waals surface area contributed by atoms with Crippen molar-refractivity contribution in [3.8, 4) is 11.5 Å². The number of hydrogen-bond acceptors (Lipinski definition) is 5. The molecule has 1 fully saturated rings. The maximum absolute atomic E-state index is 14.2. The van der Waals surface area contributed by atoms with E-state index in [0.29, 0.717) is 49.1 Å². The predicted molar refractivity (Wildman–Crippen MR) is 149 cm³/mol. The van der Waals surface area contributed by atoms with Gasteiger partial charge in [-0.25, -0.2) is 12.8 Å². The van der Waals surface area contributed by atoms with Gasteiger partial charge in [-0.3, -0.25) is 9.10 Å². The summed E-state index contributed by atoms with van der Waals surface area (Å²) in [5, 5.41) is 0. The third-order valence-corrected chi connectivity index (χ3v) is 8.33. The van der Waals surface area contributed by atoms with Crippen LogP contribution in [-0.4, -0.2) is 51.9 Å². The summed E-state index contributed by atoms with van der Waals surface area (Å²) in [6.07, 6.45) is 0. The number of para-hydroxylation sites is 2. The van der Waals surface area contributed by atoms with Crippen molar-refractivity contribution in [2.75, 3.05) is 41.9 Å². The fourth-order valence-corrected chi connectivity index (χ4v) is 5.90. The molecule has 0 aliphatic carbocycles. The molecule has 0 unspecified atom stereocenters. The maximum Gasteiger partial charge on any atom is 0.264 e. The largest absolute Gasteiger partial charge is 0.457 e. The number of carbonyl (C=O) groups excluding carboxylic acids is 1. The second-order valence-electron chi connectivity index (χ2n) is 9.05. The molecule has 1 aliphatic heterocycles. The van der Waals surface area contributed by atoms with Crippen molar-refractivity contribution in [2.45, 2.75) is 4.90 Å². The van der Waals surface area contributed by atoms with E-state index in [-0.39, 0.29) is 23.2 Å². The zero-order chi connectivity index (χ0) is 27.2. The topological polar surface area (TPSA) is 70.2 Å². The van der Waals surface area contributed by atoms with Crippen molar-refractivity contribution in [3.63, 3.8) is 0 Å². The Morgan fingerprint density at radius 1 is 0.744 bits per heavy atom. The lowest BCUT2D eigenvalue weighted by Gasteiger charge is -2.37. The van der Waals surface area contributed by atoms with Crippen LogP contribution >= 0.6 is 0 Å². The molecule has 200 valence electrons. The summed E-state index contributed by atoms with van der Waals surface area (Å²) < 4.78 is 48.5. The summed E-state index contributed by atoms with van der Waals surface area (Å²) in [7, 11) is -4.03. The molecule has 5 rings (SSSR count). The fraction of sp³-hybridized carbons (Fsp3) is 0.167. The molecule has 7 nitrogen and oxygen atoms in total. The Bertz CT molecular complexity index is 1510. The number of carbonyl (C=O) groups is 1. The van der Waals surface area contributed by atoms with Gasteiger partial charge in [-0.05, 0) is 60.7 Å². The van der Waals surface area contributed by atoms with Gasteiger partial charge >= 0.3 is 0 Å². The van der Waals surface area contributed by atoms with Crippen LogP contribution in [0.15, 0.2) is 114 Å². The lowest BCUT2D eigenvalue weighted by Crippen LogP contribution is -2.52. The highest BCUT2D eigenvalue weighted by Crippen LogP contribution is 2.28. The molecule has 0 N–H and O–H groups in total. The number of piperazine rings is 1. The molecule has 1 amide bonds.